The summed E-state index contributed by atoms with van der Waals surface area (Å²) in [5, 5.41) is 2.67. The van der Waals surface area contributed by atoms with Crippen molar-refractivity contribution in [2.24, 2.45) is 0 Å². The third-order valence-electron chi connectivity index (χ3n) is 4.57. The highest BCUT2D eigenvalue weighted by atomic mass is 32.1. The molecule has 26 heavy (non-hydrogen) atoms. The van der Waals surface area contributed by atoms with Crippen molar-refractivity contribution in [3.8, 4) is 10.4 Å². The van der Waals surface area contributed by atoms with Gasteiger partial charge < -0.3 is 10.2 Å². The molecule has 1 aliphatic rings. The molecule has 0 saturated carbocycles. The molecule has 2 amide bonds. The number of piperazine rings is 1. The maximum absolute atomic E-state index is 12.4. The Labute approximate surface area is 158 Å². The summed E-state index contributed by atoms with van der Waals surface area (Å²) in [5.74, 6) is -0.168. The van der Waals surface area contributed by atoms with Gasteiger partial charge in [0.1, 0.15) is 6.04 Å². The molecule has 1 N–H and O–H groups in total. The molecule has 0 radical (unpaired) electrons. The van der Waals surface area contributed by atoms with Crippen LogP contribution in [0, 0.1) is 0 Å². The molecule has 1 fully saturated rings. The number of hydrogen-bond donors (Lipinski definition) is 1. The van der Waals surface area contributed by atoms with E-state index in [2.05, 4.69) is 46.6 Å². The molecule has 0 spiro atoms. The normalized spacial score (nSPS) is 16.3. The summed E-state index contributed by atoms with van der Waals surface area (Å²) in [4.78, 5) is 30.3. The predicted octanol–water partition coefficient (Wildman–Crippen LogP) is 2.58. The lowest BCUT2D eigenvalue weighted by molar-refractivity contribution is -0.137. The fourth-order valence-corrected chi connectivity index (χ4v) is 4.26. The molecule has 1 aromatic heterocycles. The van der Waals surface area contributed by atoms with Crippen LogP contribution in [0.5, 0.6) is 0 Å². The van der Waals surface area contributed by atoms with Crippen molar-refractivity contribution in [2.45, 2.75) is 26.4 Å². The third kappa shape index (κ3) is 4.71. The summed E-state index contributed by atoms with van der Waals surface area (Å²) < 4.78 is 0. The molecular weight excluding hydrogens is 346 g/mol. The minimum Gasteiger partial charge on any atom is -0.345 e. The van der Waals surface area contributed by atoms with Crippen molar-refractivity contribution in [1.82, 2.24) is 15.1 Å². The molecule has 3 rings (SSSR count). The van der Waals surface area contributed by atoms with Gasteiger partial charge in [-0.05, 0) is 24.6 Å². The average molecular weight is 372 g/mol. The summed E-state index contributed by atoms with van der Waals surface area (Å²) in [5.41, 5.74) is 1.26. The highest BCUT2D eigenvalue weighted by Crippen LogP contribution is 2.28. The number of amides is 2. The lowest BCUT2D eigenvalue weighted by atomic mass is 10.2. The van der Waals surface area contributed by atoms with Crippen LogP contribution in [0.4, 0.5) is 0 Å². The first-order chi connectivity index (χ1) is 12.5. The molecule has 2 aromatic rings. The van der Waals surface area contributed by atoms with Gasteiger partial charge in [-0.1, -0.05) is 30.3 Å². The van der Waals surface area contributed by atoms with E-state index in [0.717, 1.165) is 19.6 Å². The Bertz CT molecular complexity index is 751. The Hall–Kier alpha value is -2.18. The van der Waals surface area contributed by atoms with Gasteiger partial charge in [0, 0.05) is 49.4 Å². The van der Waals surface area contributed by atoms with Crippen LogP contribution in [-0.4, -0.2) is 53.8 Å². The Morgan fingerprint density at radius 1 is 1.08 bits per heavy atom. The van der Waals surface area contributed by atoms with E-state index in [1.165, 1.54) is 22.2 Å². The van der Waals surface area contributed by atoms with Gasteiger partial charge in [0.2, 0.25) is 11.8 Å². The molecule has 0 bridgehead atoms. The van der Waals surface area contributed by atoms with Crippen LogP contribution in [0.1, 0.15) is 18.7 Å². The number of benzene rings is 1. The summed E-state index contributed by atoms with van der Waals surface area (Å²) in [6.07, 6.45) is 0. The number of hydrogen-bond acceptors (Lipinski definition) is 4. The molecule has 1 saturated heterocycles. The second-order valence-electron chi connectivity index (χ2n) is 6.66. The molecule has 2 heterocycles. The van der Waals surface area contributed by atoms with Crippen LogP contribution in [0.2, 0.25) is 0 Å². The van der Waals surface area contributed by atoms with Crippen molar-refractivity contribution < 1.29 is 9.59 Å². The van der Waals surface area contributed by atoms with Gasteiger partial charge in [-0.3, -0.25) is 14.5 Å². The van der Waals surface area contributed by atoms with Gasteiger partial charge in [-0.15, -0.1) is 11.3 Å². The van der Waals surface area contributed by atoms with E-state index >= 15 is 0 Å². The van der Waals surface area contributed by atoms with Crippen LogP contribution >= 0.6 is 11.3 Å². The second kappa shape index (κ2) is 8.47. The molecule has 5 nitrogen and oxygen atoms in total. The largest absolute Gasteiger partial charge is 0.345 e. The van der Waals surface area contributed by atoms with Crippen molar-refractivity contribution in [1.29, 1.82) is 0 Å². The number of thiophene rings is 1. The van der Waals surface area contributed by atoms with E-state index in [9.17, 15) is 9.59 Å². The maximum Gasteiger partial charge on any atom is 0.244 e. The SMILES string of the molecule is CC(=O)N[C@@H](C)C(=O)N1CCN(Cc2ccc(-c3ccccc3)s2)CC1. The van der Waals surface area contributed by atoms with Gasteiger partial charge in [0.25, 0.3) is 0 Å². The topological polar surface area (TPSA) is 52.7 Å². The molecule has 1 aromatic carbocycles. The number of nitrogens with zero attached hydrogens (tertiary/aromatic N) is 2. The van der Waals surface area contributed by atoms with Gasteiger partial charge in [-0.25, -0.2) is 0 Å². The molecule has 1 atom stereocenters. The average Bonchev–Trinajstić information content (AvgIpc) is 3.10. The zero-order valence-electron chi connectivity index (χ0n) is 15.3. The van der Waals surface area contributed by atoms with E-state index in [1.807, 2.05) is 22.3 Å². The van der Waals surface area contributed by atoms with Crippen molar-refractivity contribution in [3.05, 3.63) is 47.3 Å². The van der Waals surface area contributed by atoms with E-state index in [0.29, 0.717) is 13.1 Å². The van der Waals surface area contributed by atoms with Crippen LogP contribution < -0.4 is 5.32 Å². The molecule has 0 unspecified atom stereocenters. The number of rotatable bonds is 5. The van der Waals surface area contributed by atoms with Gasteiger partial charge in [0.05, 0.1) is 0 Å². The first-order valence-corrected chi connectivity index (χ1v) is 9.77. The van der Waals surface area contributed by atoms with E-state index in [-0.39, 0.29) is 11.8 Å². The zero-order valence-corrected chi connectivity index (χ0v) is 16.1. The Morgan fingerprint density at radius 3 is 2.42 bits per heavy atom. The minimum atomic E-state index is -0.454. The predicted molar refractivity (Wildman–Crippen MR) is 105 cm³/mol. The number of nitrogens with one attached hydrogen (secondary N) is 1. The summed E-state index contributed by atoms with van der Waals surface area (Å²) in [6.45, 7) is 7.23. The third-order valence-corrected chi connectivity index (χ3v) is 5.69. The fraction of sp³-hybridized carbons (Fsp3) is 0.400. The summed E-state index contributed by atoms with van der Waals surface area (Å²) >= 11 is 1.83. The zero-order chi connectivity index (χ0) is 18.5. The van der Waals surface area contributed by atoms with Crippen LogP contribution in [-0.2, 0) is 16.1 Å². The molecular formula is C20H25N3O2S. The monoisotopic (exact) mass is 371 g/mol. The van der Waals surface area contributed by atoms with E-state index in [4.69, 9.17) is 0 Å². The lowest BCUT2D eigenvalue weighted by Gasteiger charge is -2.35. The van der Waals surface area contributed by atoms with Crippen LogP contribution in [0.25, 0.3) is 10.4 Å². The first kappa shape index (κ1) is 18.6. The fourth-order valence-electron chi connectivity index (χ4n) is 3.21. The van der Waals surface area contributed by atoms with Crippen molar-refractivity contribution in [3.63, 3.8) is 0 Å². The highest BCUT2D eigenvalue weighted by molar-refractivity contribution is 7.15. The molecule has 0 aliphatic carbocycles. The van der Waals surface area contributed by atoms with Crippen LogP contribution in [0.15, 0.2) is 42.5 Å². The second-order valence-corrected chi connectivity index (χ2v) is 7.82. The standard InChI is InChI=1S/C20H25N3O2S/c1-15(21-16(2)24)20(25)23-12-10-22(11-13-23)14-18-8-9-19(26-18)17-6-4-3-5-7-17/h3-9,15H,10-14H2,1-2H3,(H,21,24)/t15-/m0/s1. The Kier molecular flexibility index (Phi) is 6.06. The summed E-state index contributed by atoms with van der Waals surface area (Å²) in [6, 6.07) is 14.4. The summed E-state index contributed by atoms with van der Waals surface area (Å²) in [7, 11) is 0. The lowest BCUT2D eigenvalue weighted by Crippen LogP contribution is -2.53. The number of carbonyl (C=O) groups excluding carboxylic acids is 2. The van der Waals surface area contributed by atoms with Gasteiger partial charge >= 0.3 is 0 Å². The Balaban J connectivity index is 1.51. The first-order valence-electron chi connectivity index (χ1n) is 8.95. The Morgan fingerprint density at radius 2 is 1.77 bits per heavy atom. The van der Waals surface area contributed by atoms with Gasteiger partial charge in [0.15, 0.2) is 0 Å². The maximum atomic E-state index is 12.4. The minimum absolute atomic E-state index is 0.00216. The van der Waals surface area contributed by atoms with E-state index in [1.54, 1.807) is 6.92 Å². The quantitative estimate of drug-likeness (QED) is 0.879. The molecule has 138 valence electrons. The van der Waals surface area contributed by atoms with Crippen molar-refractivity contribution in [2.75, 3.05) is 26.2 Å². The highest BCUT2D eigenvalue weighted by Gasteiger charge is 2.25. The molecule has 6 heteroatoms. The smallest absolute Gasteiger partial charge is 0.244 e. The van der Waals surface area contributed by atoms with E-state index < -0.39 is 6.04 Å². The molecule has 1 aliphatic heterocycles. The van der Waals surface area contributed by atoms with Crippen LogP contribution in [0.3, 0.4) is 0 Å². The van der Waals surface area contributed by atoms with Gasteiger partial charge in [-0.2, -0.15) is 0 Å². The van der Waals surface area contributed by atoms with Crippen molar-refractivity contribution >= 4 is 23.2 Å². The number of carbonyl (C=O) groups is 2.